The highest BCUT2D eigenvalue weighted by Crippen LogP contribution is 2.30. The van der Waals surface area contributed by atoms with Crippen molar-refractivity contribution in [3.63, 3.8) is 0 Å². The van der Waals surface area contributed by atoms with Gasteiger partial charge in [-0.2, -0.15) is 0 Å². The first-order valence-corrected chi connectivity index (χ1v) is 5.77. The lowest BCUT2D eigenvalue weighted by atomic mass is 10.1. The summed E-state index contributed by atoms with van der Waals surface area (Å²) in [6.07, 6.45) is 0. The molecule has 1 atom stereocenters. The first kappa shape index (κ1) is 11.2. The Morgan fingerprint density at radius 3 is 3.06 bits per heavy atom. The molecule has 1 unspecified atom stereocenters. The number of fused-ring (bicyclic) bond motifs is 1. The molecule has 3 rings (SSSR count). The zero-order valence-electron chi connectivity index (χ0n) is 9.74. The number of nitrogens with zero attached hydrogens (tertiary/aromatic N) is 3. The Balaban J connectivity index is 2.07. The molecule has 1 fully saturated rings. The van der Waals surface area contributed by atoms with Crippen molar-refractivity contribution in [1.29, 1.82) is 0 Å². The second kappa shape index (κ2) is 4.43. The van der Waals surface area contributed by atoms with Crippen molar-refractivity contribution < 1.29 is 14.5 Å². The van der Waals surface area contributed by atoms with Gasteiger partial charge in [0, 0.05) is 6.54 Å². The lowest BCUT2D eigenvalue weighted by molar-refractivity contribution is 0.0728. The number of benzene rings is 1. The number of aliphatic hydroxyl groups excluding tert-OH is 1. The van der Waals surface area contributed by atoms with Crippen molar-refractivity contribution in [3.05, 3.63) is 12.1 Å². The van der Waals surface area contributed by atoms with Gasteiger partial charge in [0.05, 0.1) is 37.2 Å². The molecule has 0 amide bonds. The number of nitrogens with two attached hydrogens (primary N) is 1. The molecule has 1 aliphatic heterocycles. The molecule has 0 bridgehead atoms. The average molecular weight is 250 g/mol. The zero-order chi connectivity index (χ0) is 12.5. The molecule has 18 heavy (non-hydrogen) atoms. The van der Waals surface area contributed by atoms with Gasteiger partial charge in [0.2, 0.25) is 0 Å². The molecule has 7 heteroatoms. The van der Waals surface area contributed by atoms with Gasteiger partial charge in [-0.1, -0.05) is 0 Å². The summed E-state index contributed by atoms with van der Waals surface area (Å²) in [7, 11) is 0. The lowest BCUT2D eigenvalue weighted by Crippen LogP contribution is -2.47. The molecule has 1 aromatic carbocycles. The summed E-state index contributed by atoms with van der Waals surface area (Å²) in [5, 5.41) is 17.1. The molecule has 7 nitrogen and oxygen atoms in total. The van der Waals surface area contributed by atoms with E-state index in [9.17, 15) is 5.11 Å². The molecule has 0 radical (unpaired) electrons. The quantitative estimate of drug-likeness (QED) is 0.724. The predicted molar refractivity (Wildman–Crippen MR) is 65.3 cm³/mol. The van der Waals surface area contributed by atoms with Crippen LogP contribution in [0.2, 0.25) is 0 Å². The van der Waals surface area contributed by atoms with Crippen LogP contribution >= 0.6 is 0 Å². The summed E-state index contributed by atoms with van der Waals surface area (Å²) in [6, 6.07) is 3.56. The molecule has 0 aliphatic carbocycles. The van der Waals surface area contributed by atoms with E-state index in [0.29, 0.717) is 36.5 Å². The van der Waals surface area contributed by atoms with Gasteiger partial charge in [-0.15, -0.1) is 0 Å². The first-order valence-electron chi connectivity index (χ1n) is 5.77. The molecule has 1 aliphatic rings. The van der Waals surface area contributed by atoms with Crippen molar-refractivity contribution >= 4 is 22.4 Å². The van der Waals surface area contributed by atoms with E-state index in [1.165, 1.54) is 0 Å². The van der Waals surface area contributed by atoms with Gasteiger partial charge in [-0.25, -0.2) is 4.63 Å². The predicted octanol–water partition coefficient (Wildman–Crippen LogP) is 0.00250. The highest BCUT2D eigenvalue weighted by atomic mass is 16.6. The van der Waals surface area contributed by atoms with Crippen LogP contribution in [0.4, 0.5) is 11.4 Å². The molecule has 2 aromatic rings. The third-order valence-corrected chi connectivity index (χ3v) is 3.17. The van der Waals surface area contributed by atoms with Crippen molar-refractivity contribution in [2.24, 2.45) is 0 Å². The first-order chi connectivity index (χ1) is 8.81. The van der Waals surface area contributed by atoms with Gasteiger partial charge < -0.3 is 20.5 Å². The van der Waals surface area contributed by atoms with Crippen LogP contribution in [0.25, 0.3) is 11.0 Å². The van der Waals surface area contributed by atoms with Gasteiger partial charge in [-0.3, -0.25) is 0 Å². The molecule has 96 valence electrons. The Morgan fingerprint density at radius 2 is 2.22 bits per heavy atom. The van der Waals surface area contributed by atoms with E-state index >= 15 is 0 Å². The molecular formula is C11H14N4O3. The number of morpholine rings is 1. The summed E-state index contributed by atoms with van der Waals surface area (Å²) < 4.78 is 10.1. The third kappa shape index (κ3) is 1.68. The van der Waals surface area contributed by atoms with Gasteiger partial charge in [0.15, 0.2) is 11.0 Å². The Hall–Kier alpha value is -1.86. The third-order valence-electron chi connectivity index (χ3n) is 3.17. The molecule has 3 N–H and O–H groups in total. The van der Waals surface area contributed by atoms with E-state index in [1.807, 2.05) is 6.07 Å². The SMILES string of the molecule is Nc1ccc(N2CCOCC2CO)c2nonc12. The van der Waals surface area contributed by atoms with Gasteiger partial charge in [-0.05, 0) is 22.4 Å². The summed E-state index contributed by atoms with van der Waals surface area (Å²) in [6.45, 7) is 1.83. The minimum Gasteiger partial charge on any atom is -0.397 e. The maximum atomic E-state index is 9.39. The second-order valence-electron chi connectivity index (χ2n) is 4.24. The monoisotopic (exact) mass is 250 g/mol. The summed E-state index contributed by atoms with van der Waals surface area (Å²) in [5.41, 5.74) is 8.38. The molecular weight excluding hydrogens is 236 g/mol. The Labute approximate surface area is 103 Å². The summed E-state index contributed by atoms with van der Waals surface area (Å²) in [5.74, 6) is 0. The Morgan fingerprint density at radius 1 is 1.39 bits per heavy atom. The molecule has 2 heterocycles. The number of anilines is 2. The number of hydrogen-bond donors (Lipinski definition) is 2. The molecule has 0 spiro atoms. The van der Waals surface area contributed by atoms with Crippen molar-refractivity contribution in [3.8, 4) is 0 Å². The largest absolute Gasteiger partial charge is 0.397 e. The van der Waals surface area contributed by atoms with E-state index in [4.69, 9.17) is 15.1 Å². The van der Waals surface area contributed by atoms with Gasteiger partial charge in [0.25, 0.3) is 0 Å². The number of aromatic nitrogens is 2. The minimum atomic E-state index is -0.0812. The normalized spacial score (nSPS) is 20.5. The molecule has 1 aromatic heterocycles. The maximum Gasteiger partial charge on any atom is 0.160 e. The van der Waals surface area contributed by atoms with Crippen molar-refractivity contribution in [2.45, 2.75) is 6.04 Å². The van der Waals surface area contributed by atoms with Crippen LogP contribution in [0.1, 0.15) is 0 Å². The fraction of sp³-hybridized carbons (Fsp3) is 0.455. The van der Waals surface area contributed by atoms with E-state index < -0.39 is 0 Å². The highest BCUT2D eigenvalue weighted by Gasteiger charge is 2.25. The van der Waals surface area contributed by atoms with Crippen LogP contribution in [0.3, 0.4) is 0 Å². The molecule has 1 saturated heterocycles. The standard InChI is InChI=1S/C11H14N4O3/c12-8-1-2-9(11-10(8)13-18-14-11)15-3-4-17-6-7(15)5-16/h1-2,7,16H,3-6,12H2. The van der Waals surface area contributed by atoms with Crippen LogP contribution in [0.15, 0.2) is 16.8 Å². The van der Waals surface area contributed by atoms with Gasteiger partial charge in [0.1, 0.15) is 0 Å². The summed E-state index contributed by atoms with van der Waals surface area (Å²) in [4.78, 5) is 2.05. The summed E-state index contributed by atoms with van der Waals surface area (Å²) >= 11 is 0. The zero-order valence-corrected chi connectivity index (χ0v) is 9.74. The van der Waals surface area contributed by atoms with E-state index in [1.54, 1.807) is 6.07 Å². The number of rotatable bonds is 2. The van der Waals surface area contributed by atoms with Crippen LogP contribution in [-0.4, -0.2) is 47.8 Å². The van der Waals surface area contributed by atoms with Gasteiger partial charge >= 0.3 is 0 Å². The Kier molecular flexibility index (Phi) is 2.77. The second-order valence-corrected chi connectivity index (χ2v) is 4.24. The van der Waals surface area contributed by atoms with Crippen molar-refractivity contribution in [2.75, 3.05) is 37.0 Å². The number of aliphatic hydroxyl groups is 1. The smallest absolute Gasteiger partial charge is 0.160 e. The van der Waals surface area contributed by atoms with Crippen LogP contribution in [0, 0.1) is 0 Å². The fourth-order valence-electron chi connectivity index (χ4n) is 2.23. The van der Waals surface area contributed by atoms with Crippen LogP contribution in [-0.2, 0) is 4.74 Å². The van der Waals surface area contributed by atoms with Crippen LogP contribution in [0.5, 0.6) is 0 Å². The number of nitrogen functional groups attached to an aromatic ring is 1. The fourth-order valence-corrected chi connectivity index (χ4v) is 2.23. The number of hydrogen-bond acceptors (Lipinski definition) is 7. The van der Waals surface area contributed by atoms with E-state index in [0.717, 1.165) is 5.69 Å². The maximum absolute atomic E-state index is 9.39. The number of ether oxygens (including phenoxy) is 1. The average Bonchev–Trinajstić information content (AvgIpc) is 2.89. The lowest BCUT2D eigenvalue weighted by Gasteiger charge is -2.36. The topological polar surface area (TPSA) is 97.6 Å². The minimum absolute atomic E-state index is 0.0250. The van der Waals surface area contributed by atoms with Crippen LogP contribution < -0.4 is 10.6 Å². The van der Waals surface area contributed by atoms with E-state index in [2.05, 4.69) is 15.2 Å². The van der Waals surface area contributed by atoms with Crippen molar-refractivity contribution in [1.82, 2.24) is 10.3 Å². The Bertz CT molecular complexity index is 556. The highest BCUT2D eigenvalue weighted by molar-refractivity contribution is 5.95. The molecule has 0 saturated carbocycles. The van der Waals surface area contributed by atoms with E-state index in [-0.39, 0.29) is 12.6 Å².